The van der Waals surface area contributed by atoms with Crippen LogP contribution in [0.25, 0.3) is 0 Å². The third kappa shape index (κ3) is 7.86. The number of hydrogen-bond donors (Lipinski definition) is 1. The van der Waals surface area contributed by atoms with E-state index in [2.05, 4.69) is 10.3 Å². The Morgan fingerprint density at radius 1 is 1.07 bits per heavy atom. The van der Waals surface area contributed by atoms with Crippen molar-refractivity contribution in [2.24, 2.45) is 11.8 Å². The Morgan fingerprint density at radius 2 is 1.79 bits per heavy atom. The van der Waals surface area contributed by atoms with E-state index < -0.39 is 0 Å². The van der Waals surface area contributed by atoms with Crippen molar-refractivity contribution in [1.29, 1.82) is 0 Å². The second-order valence-electron chi connectivity index (χ2n) is 8.37. The molecule has 29 heavy (non-hydrogen) atoms. The number of aromatic nitrogens is 1. The number of rotatable bonds is 11. The predicted molar refractivity (Wildman–Crippen MR) is 113 cm³/mol. The van der Waals surface area contributed by atoms with Crippen molar-refractivity contribution in [2.45, 2.75) is 65.4 Å². The van der Waals surface area contributed by atoms with Gasteiger partial charge in [-0.05, 0) is 57.1 Å². The standard InChI is InChI=1S/C23H36N2O4/c1-16(2)22(26)19-7-5-18(6-8-19)20-9-10-21(25-15-20)23(27)24-11-12-28-13-14-29-17(3)4/h9-10,15-19H,5-8,11-14H2,1-4H3,(H,24,27)/t18-,19-. The predicted octanol–water partition coefficient (Wildman–Crippen LogP) is 3.75. The molecule has 1 amide bonds. The topological polar surface area (TPSA) is 77.5 Å². The molecular formula is C23H36N2O4. The Balaban J connectivity index is 1.70. The largest absolute Gasteiger partial charge is 0.377 e. The van der Waals surface area contributed by atoms with Crippen LogP contribution in [-0.2, 0) is 14.3 Å². The SMILES string of the molecule is CC(C)OCCOCCNC(=O)c1ccc([C@H]2CC[C@H](C(=O)C(C)C)CC2)cn1. The fraction of sp³-hybridized carbons (Fsp3) is 0.696. The molecule has 0 atom stereocenters. The third-order valence-corrected chi connectivity index (χ3v) is 5.40. The van der Waals surface area contributed by atoms with E-state index in [0.29, 0.717) is 43.8 Å². The maximum atomic E-state index is 12.2. The van der Waals surface area contributed by atoms with Crippen LogP contribution in [0.3, 0.4) is 0 Å². The molecule has 1 N–H and O–H groups in total. The molecule has 1 heterocycles. The van der Waals surface area contributed by atoms with Gasteiger partial charge in [-0.1, -0.05) is 19.9 Å². The van der Waals surface area contributed by atoms with Crippen LogP contribution in [0.5, 0.6) is 0 Å². The minimum absolute atomic E-state index is 0.120. The summed E-state index contributed by atoms with van der Waals surface area (Å²) in [5.41, 5.74) is 1.58. The van der Waals surface area contributed by atoms with Crippen molar-refractivity contribution in [3.05, 3.63) is 29.6 Å². The van der Waals surface area contributed by atoms with Gasteiger partial charge >= 0.3 is 0 Å². The monoisotopic (exact) mass is 404 g/mol. The highest BCUT2D eigenvalue weighted by molar-refractivity contribution is 5.92. The smallest absolute Gasteiger partial charge is 0.269 e. The Bertz CT molecular complexity index is 635. The average molecular weight is 405 g/mol. The summed E-state index contributed by atoms with van der Waals surface area (Å²) in [7, 11) is 0. The van der Waals surface area contributed by atoms with Crippen LogP contribution in [0.4, 0.5) is 0 Å². The zero-order valence-corrected chi connectivity index (χ0v) is 18.3. The highest BCUT2D eigenvalue weighted by Crippen LogP contribution is 2.36. The molecule has 0 spiro atoms. The zero-order chi connectivity index (χ0) is 21.2. The molecule has 0 radical (unpaired) electrons. The van der Waals surface area contributed by atoms with E-state index in [0.717, 1.165) is 31.2 Å². The van der Waals surface area contributed by atoms with Crippen molar-refractivity contribution < 1.29 is 19.1 Å². The van der Waals surface area contributed by atoms with E-state index in [9.17, 15) is 9.59 Å². The number of nitrogens with zero attached hydrogens (tertiary/aromatic N) is 1. The van der Waals surface area contributed by atoms with Crippen LogP contribution in [-0.4, -0.2) is 49.1 Å². The summed E-state index contributed by atoms with van der Waals surface area (Å²) in [6.07, 6.45) is 5.93. The maximum absolute atomic E-state index is 12.2. The van der Waals surface area contributed by atoms with Gasteiger partial charge in [-0.3, -0.25) is 14.6 Å². The van der Waals surface area contributed by atoms with Crippen molar-refractivity contribution in [1.82, 2.24) is 10.3 Å². The molecule has 0 aromatic carbocycles. The fourth-order valence-electron chi connectivity index (χ4n) is 3.74. The van der Waals surface area contributed by atoms with E-state index in [1.54, 1.807) is 6.07 Å². The molecule has 1 aromatic heterocycles. The molecule has 0 unspecified atom stereocenters. The van der Waals surface area contributed by atoms with Crippen LogP contribution in [0, 0.1) is 11.8 Å². The lowest BCUT2D eigenvalue weighted by Crippen LogP contribution is -2.28. The lowest BCUT2D eigenvalue weighted by atomic mass is 9.76. The van der Waals surface area contributed by atoms with Crippen molar-refractivity contribution in [3.63, 3.8) is 0 Å². The summed E-state index contributed by atoms with van der Waals surface area (Å²) >= 11 is 0. The maximum Gasteiger partial charge on any atom is 0.269 e. The molecule has 1 aromatic rings. The Hall–Kier alpha value is -1.79. The molecule has 0 saturated heterocycles. The minimum atomic E-state index is -0.190. The number of ether oxygens (including phenoxy) is 2. The van der Waals surface area contributed by atoms with E-state index in [4.69, 9.17) is 9.47 Å². The summed E-state index contributed by atoms with van der Waals surface area (Å²) in [4.78, 5) is 28.7. The van der Waals surface area contributed by atoms with Gasteiger partial charge in [-0.2, -0.15) is 0 Å². The first-order valence-corrected chi connectivity index (χ1v) is 10.9. The summed E-state index contributed by atoms with van der Waals surface area (Å²) in [6.45, 7) is 9.90. The van der Waals surface area contributed by atoms with Gasteiger partial charge in [0, 0.05) is 24.6 Å². The highest BCUT2D eigenvalue weighted by Gasteiger charge is 2.28. The Kier molecular flexibility index (Phi) is 9.74. The number of carbonyl (C=O) groups excluding carboxylic acids is 2. The number of amides is 1. The molecule has 1 fully saturated rings. The van der Waals surface area contributed by atoms with Gasteiger partial charge in [-0.25, -0.2) is 0 Å². The van der Waals surface area contributed by atoms with Gasteiger partial charge in [-0.15, -0.1) is 0 Å². The van der Waals surface area contributed by atoms with Crippen molar-refractivity contribution in [3.8, 4) is 0 Å². The fourth-order valence-corrected chi connectivity index (χ4v) is 3.74. The molecule has 162 valence electrons. The number of ketones is 1. The van der Waals surface area contributed by atoms with Gasteiger partial charge in [0.2, 0.25) is 0 Å². The summed E-state index contributed by atoms with van der Waals surface area (Å²) in [6, 6.07) is 3.78. The minimum Gasteiger partial charge on any atom is -0.377 e. The van der Waals surface area contributed by atoms with Crippen LogP contribution >= 0.6 is 0 Å². The average Bonchev–Trinajstić information content (AvgIpc) is 2.72. The first-order valence-electron chi connectivity index (χ1n) is 10.9. The van der Waals surface area contributed by atoms with Gasteiger partial charge in [0.15, 0.2) is 0 Å². The van der Waals surface area contributed by atoms with Crippen molar-refractivity contribution in [2.75, 3.05) is 26.4 Å². The van der Waals surface area contributed by atoms with Crippen LogP contribution in [0.15, 0.2) is 18.3 Å². The van der Waals surface area contributed by atoms with E-state index in [-0.39, 0.29) is 23.8 Å². The quantitative estimate of drug-likeness (QED) is 0.568. The van der Waals surface area contributed by atoms with Gasteiger partial charge in [0.25, 0.3) is 5.91 Å². The number of hydrogen-bond acceptors (Lipinski definition) is 5. The molecule has 6 heteroatoms. The summed E-state index contributed by atoms with van der Waals surface area (Å²) in [5.74, 6) is 0.963. The number of pyridine rings is 1. The normalized spacial score (nSPS) is 19.5. The third-order valence-electron chi connectivity index (χ3n) is 5.40. The zero-order valence-electron chi connectivity index (χ0n) is 18.3. The van der Waals surface area contributed by atoms with Crippen LogP contribution < -0.4 is 5.32 Å². The van der Waals surface area contributed by atoms with Gasteiger partial charge in [0.1, 0.15) is 11.5 Å². The molecule has 6 nitrogen and oxygen atoms in total. The highest BCUT2D eigenvalue weighted by atomic mass is 16.5. The van der Waals surface area contributed by atoms with E-state index >= 15 is 0 Å². The first-order chi connectivity index (χ1) is 13.9. The molecule has 0 aliphatic heterocycles. The Morgan fingerprint density at radius 3 is 2.38 bits per heavy atom. The van der Waals surface area contributed by atoms with Crippen molar-refractivity contribution >= 4 is 11.7 Å². The second-order valence-corrected chi connectivity index (χ2v) is 8.37. The number of carbonyl (C=O) groups is 2. The summed E-state index contributed by atoms with van der Waals surface area (Å²) < 4.78 is 10.8. The molecule has 0 bridgehead atoms. The molecule has 1 aliphatic rings. The van der Waals surface area contributed by atoms with Crippen LogP contribution in [0.2, 0.25) is 0 Å². The Labute approximate surface area is 174 Å². The van der Waals surface area contributed by atoms with Gasteiger partial charge < -0.3 is 14.8 Å². The number of nitrogens with one attached hydrogen (secondary N) is 1. The number of Topliss-reactive ketones (excluding diaryl/α,β-unsaturated/α-hetero) is 1. The first kappa shape index (κ1) is 23.5. The van der Waals surface area contributed by atoms with E-state index in [1.807, 2.05) is 40.0 Å². The lowest BCUT2D eigenvalue weighted by Gasteiger charge is -2.28. The molecule has 2 rings (SSSR count). The lowest BCUT2D eigenvalue weighted by molar-refractivity contribution is -0.126. The van der Waals surface area contributed by atoms with Gasteiger partial charge in [0.05, 0.1) is 25.9 Å². The second kappa shape index (κ2) is 12.0. The molecule has 1 aliphatic carbocycles. The summed E-state index contributed by atoms with van der Waals surface area (Å²) in [5, 5.41) is 2.82. The molecular weight excluding hydrogens is 368 g/mol. The molecule has 1 saturated carbocycles. The van der Waals surface area contributed by atoms with Crippen LogP contribution in [0.1, 0.15) is 75.3 Å². The van der Waals surface area contributed by atoms with E-state index in [1.165, 1.54) is 0 Å².